The quantitative estimate of drug-likeness (QED) is 0.903. The smallest absolute Gasteiger partial charge is 0.159 e. The normalized spacial score (nSPS) is 19.7. The molecule has 4 heteroatoms. The fourth-order valence-corrected chi connectivity index (χ4v) is 3.12. The summed E-state index contributed by atoms with van der Waals surface area (Å²) in [6.07, 6.45) is 1.11. The van der Waals surface area contributed by atoms with E-state index in [-0.39, 0.29) is 12.1 Å². The molecule has 1 aliphatic rings. The molecule has 0 fully saturated rings. The largest absolute Gasteiger partial charge is 0.387 e. The molecule has 0 radical (unpaired) electrons. The summed E-state index contributed by atoms with van der Waals surface area (Å²) in [5.74, 6) is -1.84. The number of benzene rings is 2. The minimum absolute atomic E-state index is 0.186. The van der Waals surface area contributed by atoms with Gasteiger partial charge in [0.15, 0.2) is 11.6 Å². The van der Waals surface area contributed by atoms with E-state index in [0.717, 1.165) is 25.0 Å². The topological polar surface area (TPSA) is 32.3 Å². The first-order valence-electron chi connectivity index (χ1n) is 7.53. The molecule has 0 aliphatic heterocycles. The molecule has 0 heterocycles. The summed E-state index contributed by atoms with van der Waals surface area (Å²) in [6.45, 7) is 1.85. The Morgan fingerprint density at radius 3 is 2.68 bits per heavy atom. The van der Waals surface area contributed by atoms with E-state index in [2.05, 4.69) is 17.4 Å². The number of aliphatic hydroxyl groups is 1. The van der Waals surface area contributed by atoms with Gasteiger partial charge in [0.1, 0.15) is 0 Å². The molecule has 0 aromatic heterocycles. The first-order valence-corrected chi connectivity index (χ1v) is 7.53. The van der Waals surface area contributed by atoms with E-state index in [1.165, 1.54) is 17.2 Å². The molecule has 0 amide bonds. The third-order valence-corrected chi connectivity index (χ3v) is 4.36. The van der Waals surface area contributed by atoms with Gasteiger partial charge in [-0.2, -0.15) is 0 Å². The van der Waals surface area contributed by atoms with Crippen LogP contribution in [0.5, 0.6) is 0 Å². The second-order valence-electron chi connectivity index (χ2n) is 5.86. The fourth-order valence-electron chi connectivity index (χ4n) is 3.12. The van der Waals surface area contributed by atoms with Crippen molar-refractivity contribution in [3.63, 3.8) is 0 Å². The summed E-state index contributed by atoms with van der Waals surface area (Å²) in [5, 5.41) is 13.8. The van der Waals surface area contributed by atoms with Gasteiger partial charge < -0.3 is 10.4 Å². The highest BCUT2D eigenvalue weighted by Crippen LogP contribution is 2.32. The van der Waals surface area contributed by atoms with E-state index in [0.29, 0.717) is 5.56 Å². The highest BCUT2D eigenvalue weighted by molar-refractivity contribution is 5.34. The van der Waals surface area contributed by atoms with Crippen LogP contribution in [-0.4, -0.2) is 11.1 Å². The van der Waals surface area contributed by atoms with Crippen LogP contribution in [0.15, 0.2) is 42.5 Å². The Balaban J connectivity index is 1.72. The Bertz CT molecular complexity index is 674. The summed E-state index contributed by atoms with van der Waals surface area (Å²) >= 11 is 0. The van der Waals surface area contributed by atoms with Crippen molar-refractivity contribution in [2.24, 2.45) is 0 Å². The number of nitrogens with one attached hydrogen (secondary N) is 1. The number of aryl methyl sites for hydroxylation is 1. The predicted molar refractivity (Wildman–Crippen MR) is 81.4 cm³/mol. The zero-order valence-corrected chi connectivity index (χ0v) is 12.4. The predicted octanol–water partition coefficient (Wildman–Crippen LogP) is 3.66. The number of rotatable bonds is 4. The molecule has 2 aromatic carbocycles. The molecule has 2 nitrogen and oxygen atoms in total. The first kappa shape index (κ1) is 15.1. The first-order chi connectivity index (χ1) is 10.6. The monoisotopic (exact) mass is 303 g/mol. The lowest BCUT2D eigenvalue weighted by Gasteiger charge is -2.25. The van der Waals surface area contributed by atoms with Crippen LogP contribution in [0.1, 0.15) is 42.2 Å². The van der Waals surface area contributed by atoms with Crippen molar-refractivity contribution < 1.29 is 13.9 Å². The lowest BCUT2D eigenvalue weighted by molar-refractivity contribution is 0.129. The minimum Gasteiger partial charge on any atom is -0.387 e. The molecule has 2 N–H and O–H groups in total. The van der Waals surface area contributed by atoms with Gasteiger partial charge in [-0.3, -0.25) is 0 Å². The van der Waals surface area contributed by atoms with Crippen LogP contribution in [0.2, 0.25) is 0 Å². The summed E-state index contributed by atoms with van der Waals surface area (Å²) < 4.78 is 26.3. The van der Waals surface area contributed by atoms with E-state index in [1.54, 1.807) is 0 Å². The Hall–Kier alpha value is -1.78. The minimum atomic E-state index is -0.935. The standard InChI is InChI=1S/C18H19F2NO/c1-11(18(22)13-6-8-15(19)16(20)10-13)21-17-9-7-12-4-2-3-5-14(12)17/h2-6,8,10-11,17-18,21-22H,7,9H2,1H3. The fraction of sp³-hybridized carbons (Fsp3) is 0.333. The van der Waals surface area contributed by atoms with E-state index < -0.39 is 17.7 Å². The third-order valence-electron chi connectivity index (χ3n) is 4.36. The average Bonchev–Trinajstić information content (AvgIpc) is 2.92. The molecular formula is C18H19F2NO. The lowest BCUT2D eigenvalue weighted by Crippen LogP contribution is -2.34. The Kier molecular flexibility index (Phi) is 4.23. The molecule has 3 rings (SSSR count). The summed E-state index contributed by atoms with van der Waals surface area (Å²) in [7, 11) is 0. The number of hydrogen-bond acceptors (Lipinski definition) is 2. The van der Waals surface area contributed by atoms with E-state index in [9.17, 15) is 13.9 Å². The Morgan fingerprint density at radius 2 is 1.91 bits per heavy atom. The van der Waals surface area contributed by atoms with Gasteiger partial charge in [-0.25, -0.2) is 8.78 Å². The molecule has 22 heavy (non-hydrogen) atoms. The molecular weight excluding hydrogens is 284 g/mol. The molecule has 0 bridgehead atoms. The second-order valence-corrected chi connectivity index (χ2v) is 5.86. The molecule has 0 spiro atoms. The number of halogens is 2. The number of hydrogen-bond donors (Lipinski definition) is 2. The van der Waals surface area contributed by atoms with Gasteiger partial charge in [0.2, 0.25) is 0 Å². The molecule has 3 unspecified atom stereocenters. The molecule has 0 saturated heterocycles. The number of aliphatic hydroxyl groups excluding tert-OH is 1. The van der Waals surface area contributed by atoms with Gasteiger partial charge in [0, 0.05) is 12.1 Å². The van der Waals surface area contributed by atoms with Crippen LogP contribution in [0.25, 0.3) is 0 Å². The van der Waals surface area contributed by atoms with Gasteiger partial charge in [-0.1, -0.05) is 30.3 Å². The van der Waals surface area contributed by atoms with Gasteiger partial charge in [-0.15, -0.1) is 0 Å². The highest BCUT2D eigenvalue weighted by atomic mass is 19.2. The van der Waals surface area contributed by atoms with Gasteiger partial charge in [0.25, 0.3) is 0 Å². The van der Waals surface area contributed by atoms with E-state index in [4.69, 9.17) is 0 Å². The van der Waals surface area contributed by atoms with E-state index in [1.807, 2.05) is 19.1 Å². The molecule has 0 saturated carbocycles. The van der Waals surface area contributed by atoms with Gasteiger partial charge >= 0.3 is 0 Å². The van der Waals surface area contributed by atoms with Crippen molar-refractivity contribution in [2.75, 3.05) is 0 Å². The molecule has 116 valence electrons. The van der Waals surface area contributed by atoms with Gasteiger partial charge in [0.05, 0.1) is 6.10 Å². The van der Waals surface area contributed by atoms with E-state index >= 15 is 0 Å². The van der Waals surface area contributed by atoms with Crippen molar-refractivity contribution in [2.45, 2.75) is 38.0 Å². The Labute approximate surface area is 128 Å². The average molecular weight is 303 g/mol. The van der Waals surface area contributed by atoms with Crippen LogP contribution in [0.3, 0.4) is 0 Å². The van der Waals surface area contributed by atoms with Crippen LogP contribution in [-0.2, 0) is 6.42 Å². The summed E-state index contributed by atoms with van der Waals surface area (Å²) in [6, 6.07) is 11.7. The molecule has 1 aliphatic carbocycles. The van der Waals surface area contributed by atoms with Crippen molar-refractivity contribution in [1.82, 2.24) is 5.32 Å². The second kappa shape index (κ2) is 6.15. The van der Waals surface area contributed by atoms with Crippen molar-refractivity contribution in [3.8, 4) is 0 Å². The zero-order valence-electron chi connectivity index (χ0n) is 12.4. The maximum Gasteiger partial charge on any atom is 0.159 e. The number of fused-ring (bicyclic) bond motifs is 1. The van der Waals surface area contributed by atoms with Crippen molar-refractivity contribution in [1.29, 1.82) is 0 Å². The molecule has 3 atom stereocenters. The van der Waals surface area contributed by atoms with Crippen LogP contribution >= 0.6 is 0 Å². The van der Waals surface area contributed by atoms with Crippen LogP contribution in [0, 0.1) is 11.6 Å². The lowest BCUT2D eigenvalue weighted by atomic mass is 10.0. The Morgan fingerprint density at radius 1 is 1.14 bits per heavy atom. The summed E-state index contributed by atoms with van der Waals surface area (Å²) in [4.78, 5) is 0. The van der Waals surface area contributed by atoms with Crippen LogP contribution < -0.4 is 5.32 Å². The third kappa shape index (κ3) is 2.89. The maximum absolute atomic E-state index is 13.3. The maximum atomic E-state index is 13.3. The van der Waals surface area contributed by atoms with Crippen molar-refractivity contribution >= 4 is 0 Å². The van der Waals surface area contributed by atoms with Gasteiger partial charge in [-0.05, 0) is 48.6 Å². The van der Waals surface area contributed by atoms with Crippen molar-refractivity contribution in [3.05, 3.63) is 70.8 Å². The summed E-state index contributed by atoms with van der Waals surface area (Å²) in [5.41, 5.74) is 2.96. The zero-order chi connectivity index (χ0) is 15.7. The van der Waals surface area contributed by atoms with Crippen LogP contribution in [0.4, 0.5) is 8.78 Å². The SMILES string of the molecule is CC(NC1CCc2ccccc21)C(O)c1ccc(F)c(F)c1. The highest BCUT2D eigenvalue weighted by Gasteiger charge is 2.26. The molecule has 2 aromatic rings.